The average Bonchev–Trinajstić information content (AvgIpc) is 2.10. The molecule has 0 bridgehead atoms. The number of nitrogens with zero attached hydrogens (tertiary/aromatic N) is 1. The highest BCUT2D eigenvalue weighted by Gasteiger charge is 2.23. The molecule has 1 fully saturated rings. The van der Waals surface area contributed by atoms with E-state index in [0.29, 0.717) is 0 Å². The standard InChI is InChI=1S/C8H17N/c1-4-9-6-7(2)5-8(9)3/h7-8H,4-6H2,1-3H3/t7-,8+/m0/s1. The Kier molecular flexibility index (Phi) is 2.12. The molecule has 1 saturated heterocycles. The molecule has 0 aromatic carbocycles. The second kappa shape index (κ2) is 2.70. The van der Waals surface area contributed by atoms with Crippen LogP contribution in [0.1, 0.15) is 27.2 Å². The van der Waals surface area contributed by atoms with Gasteiger partial charge in [0.1, 0.15) is 0 Å². The van der Waals surface area contributed by atoms with Crippen LogP contribution >= 0.6 is 0 Å². The largest absolute Gasteiger partial charge is 0.301 e. The quantitative estimate of drug-likeness (QED) is 0.518. The number of hydrogen-bond donors (Lipinski definition) is 0. The van der Waals surface area contributed by atoms with Crippen molar-refractivity contribution in [2.24, 2.45) is 5.92 Å². The van der Waals surface area contributed by atoms with Crippen molar-refractivity contribution in [3.8, 4) is 0 Å². The summed E-state index contributed by atoms with van der Waals surface area (Å²) < 4.78 is 0. The van der Waals surface area contributed by atoms with Gasteiger partial charge >= 0.3 is 0 Å². The fraction of sp³-hybridized carbons (Fsp3) is 1.00. The van der Waals surface area contributed by atoms with Gasteiger partial charge in [-0.25, -0.2) is 0 Å². The highest BCUT2D eigenvalue weighted by atomic mass is 15.2. The molecule has 9 heavy (non-hydrogen) atoms. The van der Waals surface area contributed by atoms with Crippen LogP contribution in [0, 0.1) is 5.92 Å². The Balaban J connectivity index is 2.38. The van der Waals surface area contributed by atoms with Gasteiger partial charge in [-0.15, -0.1) is 0 Å². The first-order valence-electron chi connectivity index (χ1n) is 3.98. The second-order valence-electron chi connectivity index (χ2n) is 3.28. The highest BCUT2D eigenvalue weighted by molar-refractivity contribution is 4.78. The lowest BCUT2D eigenvalue weighted by Gasteiger charge is -2.17. The summed E-state index contributed by atoms with van der Waals surface area (Å²) in [5.74, 6) is 0.931. The minimum atomic E-state index is 0.838. The van der Waals surface area contributed by atoms with Crippen LogP contribution in [0.5, 0.6) is 0 Å². The molecule has 1 rings (SSSR count). The van der Waals surface area contributed by atoms with Crippen LogP contribution in [-0.4, -0.2) is 24.0 Å². The monoisotopic (exact) mass is 127 g/mol. The van der Waals surface area contributed by atoms with Crippen LogP contribution in [0.15, 0.2) is 0 Å². The summed E-state index contributed by atoms with van der Waals surface area (Å²) in [4.78, 5) is 2.55. The molecule has 2 atom stereocenters. The van der Waals surface area contributed by atoms with Crippen molar-refractivity contribution in [3.63, 3.8) is 0 Å². The van der Waals surface area contributed by atoms with E-state index in [9.17, 15) is 0 Å². The van der Waals surface area contributed by atoms with E-state index < -0.39 is 0 Å². The molecule has 1 heteroatoms. The summed E-state index contributed by atoms with van der Waals surface area (Å²) in [7, 11) is 0. The summed E-state index contributed by atoms with van der Waals surface area (Å²) in [6.45, 7) is 9.46. The molecule has 54 valence electrons. The number of hydrogen-bond acceptors (Lipinski definition) is 1. The third kappa shape index (κ3) is 1.45. The minimum Gasteiger partial charge on any atom is -0.301 e. The Morgan fingerprint density at radius 1 is 1.44 bits per heavy atom. The van der Waals surface area contributed by atoms with Crippen LogP contribution in [0.25, 0.3) is 0 Å². The molecule has 0 N–H and O–H groups in total. The maximum Gasteiger partial charge on any atom is 0.00699 e. The summed E-state index contributed by atoms with van der Waals surface area (Å²) >= 11 is 0. The van der Waals surface area contributed by atoms with E-state index in [-0.39, 0.29) is 0 Å². The number of rotatable bonds is 1. The molecule has 1 heterocycles. The van der Waals surface area contributed by atoms with E-state index >= 15 is 0 Å². The summed E-state index contributed by atoms with van der Waals surface area (Å²) in [5.41, 5.74) is 0. The lowest BCUT2D eigenvalue weighted by Crippen LogP contribution is -2.26. The average molecular weight is 127 g/mol. The van der Waals surface area contributed by atoms with Gasteiger partial charge in [0.15, 0.2) is 0 Å². The third-order valence-corrected chi connectivity index (χ3v) is 2.32. The molecule has 0 radical (unpaired) electrons. The molecular weight excluding hydrogens is 110 g/mol. The predicted octanol–water partition coefficient (Wildman–Crippen LogP) is 1.74. The van der Waals surface area contributed by atoms with Gasteiger partial charge in [0.2, 0.25) is 0 Å². The minimum absolute atomic E-state index is 0.838. The molecule has 0 aliphatic carbocycles. The lowest BCUT2D eigenvalue weighted by atomic mass is 10.1. The predicted molar refractivity (Wildman–Crippen MR) is 40.5 cm³/mol. The first kappa shape index (κ1) is 7.07. The van der Waals surface area contributed by atoms with Crippen molar-refractivity contribution in [3.05, 3.63) is 0 Å². The fourth-order valence-electron chi connectivity index (χ4n) is 1.83. The Bertz CT molecular complexity index is 90.6. The highest BCUT2D eigenvalue weighted by Crippen LogP contribution is 2.20. The Morgan fingerprint density at radius 3 is 2.33 bits per heavy atom. The van der Waals surface area contributed by atoms with Crippen molar-refractivity contribution in [1.29, 1.82) is 0 Å². The molecule has 0 aromatic heterocycles. The van der Waals surface area contributed by atoms with E-state index in [1.807, 2.05) is 0 Å². The molecule has 0 unspecified atom stereocenters. The Hall–Kier alpha value is -0.0400. The van der Waals surface area contributed by atoms with Gasteiger partial charge in [0.05, 0.1) is 0 Å². The van der Waals surface area contributed by atoms with Gasteiger partial charge in [-0.05, 0) is 25.8 Å². The van der Waals surface area contributed by atoms with Gasteiger partial charge in [-0.3, -0.25) is 0 Å². The van der Waals surface area contributed by atoms with Crippen LogP contribution in [-0.2, 0) is 0 Å². The second-order valence-corrected chi connectivity index (χ2v) is 3.28. The molecule has 0 spiro atoms. The molecule has 1 aliphatic rings. The zero-order valence-corrected chi connectivity index (χ0v) is 6.72. The zero-order chi connectivity index (χ0) is 6.85. The first-order valence-corrected chi connectivity index (χ1v) is 3.98. The summed E-state index contributed by atoms with van der Waals surface area (Å²) in [6, 6.07) is 0.838. The Labute approximate surface area is 58.0 Å². The van der Waals surface area contributed by atoms with Crippen molar-refractivity contribution < 1.29 is 0 Å². The smallest absolute Gasteiger partial charge is 0.00699 e. The summed E-state index contributed by atoms with van der Waals surface area (Å²) in [6.07, 6.45) is 1.40. The van der Waals surface area contributed by atoms with Crippen molar-refractivity contribution in [2.75, 3.05) is 13.1 Å². The normalized spacial score (nSPS) is 37.7. The summed E-state index contributed by atoms with van der Waals surface area (Å²) in [5, 5.41) is 0. The molecule has 1 nitrogen and oxygen atoms in total. The van der Waals surface area contributed by atoms with E-state index in [1.165, 1.54) is 19.5 Å². The van der Waals surface area contributed by atoms with Gasteiger partial charge in [0.25, 0.3) is 0 Å². The topological polar surface area (TPSA) is 3.24 Å². The van der Waals surface area contributed by atoms with Gasteiger partial charge < -0.3 is 4.90 Å². The lowest BCUT2D eigenvalue weighted by molar-refractivity contribution is 0.280. The maximum absolute atomic E-state index is 2.55. The molecule has 1 aliphatic heterocycles. The van der Waals surface area contributed by atoms with E-state index in [1.54, 1.807) is 0 Å². The first-order chi connectivity index (χ1) is 4.24. The molecular formula is C8H17N. The van der Waals surface area contributed by atoms with Gasteiger partial charge in [-0.1, -0.05) is 13.8 Å². The van der Waals surface area contributed by atoms with E-state index in [0.717, 1.165) is 12.0 Å². The van der Waals surface area contributed by atoms with Crippen molar-refractivity contribution >= 4 is 0 Å². The van der Waals surface area contributed by atoms with Crippen LogP contribution in [0.3, 0.4) is 0 Å². The molecule has 0 aromatic rings. The van der Waals surface area contributed by atoms with Crippen LogP contribution in [0.4, 0.5) is 0 Å². The van der Waals surface area contributed by atoms with Crippen molar-refractivity contribution in [1.82, 2.24) is 4.90 Å². The van der Waals surface area contributed by atoms with E-state index in [4.69, 9.17) is 0 Å². The number of likely N-dealkylation sites (tertiary alicyclic amines) is 1. The molecule has 0 amide bonds. The maximum atomic E-state index is 2.55. The zero-order valence-electron chi connectivity index (χ0n) is 6.72. The van der Waals surface area contributed by atoms with Gasteiger partial charge in [0, 0.05) is 12.6 Å². The van der Waals surface area contributed by atoms with Crippen LogP contribution < -0.4 is 0 Å². The van der Waals surface area contributed by atoms with Gasteiger partial charge in [-0.2, -0.15) is 0 Å². The van der Waals surface area contributed by atoms with E-state index in [2.05, 4.69) is 25.7 Å². The fourth-order valence-corrected chi connectivity index (χ4v) is 1.83. The van der Waals surface area contributed by atoms with Crippen LogP contribution in [0.2, 0.25) is 0 Å². The molecule has 0 saturated carbocycles. The third-order valence-electron chi connectivity index (χ3n) is 2.32. The SMILES string of the molecule is CCN1C[C@@H](C)C[C@H]1C. The Morgan fingerprint density at radius 2 is 2.11 bits per heavy atom. The van der Waals surface area contributed by atoms with Crippen molar-refractivity contribution in [2.45, 2.75) is 33.2 Å².